The van der Waals surface area contributed by atoms with Crippen molar-refractivity contribution in [1.82, 2.24) is 4.90 Å². The molecule has 1 unspecified atom stereocenters. The lowest BCUT2D eigenvalue weighted by Crippen LogP contribution is -2.50. The minimum Gasteiger partial charge on any atom is -0.493 e. The van der Waals surface area contributed by atoms with Crippen LogP contribution in [0.4, 0.5) is 4.39 Å². The van der Waals surface area contributed by atoms with Gasteiger partial charge >= 0.3 is 5.97 Å². The van der Waals surface area contributed by atoms with Crippen molar-refractivity contribution in [3.63, 3.8) is 0 Å². The van der Waals surface area contributed by atoms with Crippen LogP contribution in [0, 0.1) is 5.82 Å². The van der Waals surface area contributed by atoms with Gasteiger partial charge < -0.3 is 24.2 Å². The fourth-order valence-corrected chi connectivity index (χ4v) is 5.56. The summed E-state index contributed by atoms with van der Waals surface area (Å²) in [6.07, 6.45) is 2.91. The monoisotopic (exact) mass is 567 g/mol. The van der Waals surface area contributed by atoms with E-state index in [-0.39, 0.29) is 36.6 Å². The number of hydrogen-bond acceptors (Lipinski definition) is 5. The van der Waals surface area contributed by atoms with E-state index < -0.39 is 23.9 Å². The number of hydrogen-bond donors (Lipinski definition) is 1. The zero-order chi connectivity index (χ0) is 28.2. The highest BCUT2D eigenvalue weighted by Gasteiger charge is 2.41. The molecule has 0 radical (unpaired) electrons. The van der Waals surface area contributed by atoms with Gasteiger partial charge in [-0.1, -0.05) is 66.9 Å². The van der Waals surface area contributed by atoms with E-state index in [1.165, 1.54) is 24.1 Å². The summed E-state index contributed by atoms with van der Waals surface area (Å²) in [7, 11) is 1.49. The maximum absolute atomic E-state index is 14.0. The third-order valence-corrected chi connectivity index (χ3v) is 7.85. The molecule has 0 aromatic heterocycles. The van der Waals surface area contributed by atoms with Crippen molar-refractivity contribution in [2.45, 2.75) is 63.5 Å². The van der Waals surface area contributed by atoms with Crippen LogP contribution in [0.2, 0.25) is 5.02 Å². The van der Waals surface area contributed by atoms with E-state index in [0.717, 1.165) is 31.2 Å². The van der Waals surface area contributed by atoms with E-state index in [1.807, 2.05) is 36.4 Å². The molecular weight excluding hydrogens is 537 g/mol. The lowest BCUT2D eigenvalue weighted by atomic mass is 9.91. The van der Waals surface area contributed by atoms with Gasteiger partial charge in [0.05, 0.1) is 18.2 Å². The summed E-state index contributed by atoms with van der Waals surface area (Å²) in [4.78, 5) is 28.0. The maximum Gasteiger partial charge on any atom is 0.326 e. The Morgan fingerprint density at radius 3 is 2.52 bits per heavy atom. The number of carbonyl (C=O) groups excluding carboxylic acids is 1. The van der Waals surface area contributed by atoms with Gasteiger partial charge in [-0.25, -0.2) is 9.18 Å². The molecule has 2 aliphatic rings. The molecular formula is C31H31ClFNO6. The largest absolute Gasteiger partial charge is 0.493 e. The SMILES string of the molecule is COc1ccc2c(c1OCc1ccc(Cl)c(F)c1)C[C@H](C(=O)O)N(C(=O)C(OC1CCCC1)c1ccccc1)C2. The minimum absolute atomic E-state index is 0.0122. The van der Waals surface area contributed by atoms with Gasteiger partial charge in [-0.05, 0) is 47.7 Å². The number of carboxylic acids is 1. The number of aliphatic carboxylic acids is 1. The van der Waals surface area contributed by atoms with Crippen molar-refractivity contribution in [3.05, 3.63) is 93.8 Å². The second-order valence-corrected chi connectivity index (χ2v) is 10.5. The number of rotatable bonds is 9. The second kappa shape index (κ2) is 12.3. The van der Waals surface area contributed by atoms with Gasteiger partial charge in [0.2, 0.25) is 0 Å². The zero-order valence-electron chi connectivity index (χ0n) is 22.1. The number of benzene rings is 3. The third-order valence-electron chi connectivity index (χ3n) is 7.55. The van der Waals surface area contributed by atoms with Crippen LogP contribution in [0.3, 0.4) is 0 Å². The Kier molecular flexibility index (Phi) is 8.57. The molecule has 40 heavy (non-hydrogen) atoms. The van der Waals surface area contributed by atoms with Crippen LogP contribution < -0.4 is 9.47 Å². The Morgan fingerprint density at radius 1 is 1.10 bits per heavy atom. The normalized spacial score (nSPS) is 17.8. The summed E-state index contributed by atoms with van der Waals surface area (Å²) >= 11 is 5.80. The average molecular weight is 568 g/mol. The first-order chi connectivity index (χ1) is 19.4. The van der Waals surface area contributed by atoms with Crippen molar-refractivity contribution in [1.29, 1.82) is 0 Å². The van der Waals surface area contributed by atoms with Gasteiger partial charge in [0, 0.05) is 18.5 Å². The molecule has 1 saturated carbocycles. The van der Waals surface area contributed by atoms with Crippen LogP contribution in [-0.2, 0) is 33.9 Å². The number of carboxylic acid groups (broad SMARTS) is 1. The van der Waals surface area contributed by atoms with Gasteiger partial charge in [0.1, 0.15) is 18.5 Å². The molecule has 1 aliphatic carbocycles. The maximum atomic E-state index is 14.0. The Labute approximate surface area is 237 Å². The van der Waals surface area contributed by atoms with Crippen LogP contribution in [0.25, 0.3) is 0 Å². The van der Waals surface area contributed by atoms with Crippen molar-refractivity contribution < 1.29 is 33.3 Å². The predicted octanol–water partition coefficient (Wildman–Crippen LogP) is 6.11. The molecule has 1 heterocycles. The number of ether oxygens (including phenoxy) is 3. The second-order valence-electron chi connectivity index (χ2n) is 10.1. The van der Waals surface area contributed by atoms with Gasteiger partial charge in [-0.2, -0.15) is 0 Å². The highest BCUT2D eigenvalue weighted by molar-refractivity contribution is 6.30. The molecule has 9 heteroatoms. The summed E-state index contributed by atoms with van der Waals surface area (Å²) in [5.74, 6) is -1.27. The van der Waals surface area contributed by atoms with E-state index in [1.54, 1.807) is 12.1 Å². The number of fused-ring (bicyclic) bond motifs is 1. The topological polar surface area (TPSA) is 85.3 Å². The highest BCUT2D eigenvalue weighted by atomic mass is 35.5. The predicted molar refractivity (Wildman–Crippen MR) is 147 cm³/mol. The van der Waals surface area contributed by atoms with E-state index in [9.17, 15) is 19.1 Å². The number of halogens is 2. The summed E-state index contributed by atoms with van der Waals surface area (Å²) in [6.45, 7) is 0.0883. The minimum atomic E-state index is -1.14. The molecule has 210 valence electrons. The van der Waals surface area contributed by atoms with Crippen molar-refractivity contribution >= 4 is 23.5 Å². The first kappa shape index (κ1) is 27.9. The summed E-state index contributed by atoms with van der Waals surface area (Å²) < 4.78 is 31.9. The molecule has 7 nitrogen and oxygen atoms in total. The first-order valence-electron chi connectivity index (χ1n) is 13.3. The number of methoxy groups -OCH3 is 1. The fraction of sp³-hybridized carbons (Fsp3) is 0.355. The van der Waals surface area contributed by atoms with Crippen molar-refractivity contribution in [2.75, 3.05) is 7.11 Å². The highest BCUT2D eigenvalue weighted by Crippen LogP contribution is 2.40. The molecule has 0 spiro atoms. The standard InChI is InChI=1S/C31H31ClFNO6/c1-38-27-14-12-21-17-34(30(35)28(20-7-3-2-4-8-20)40-22-9-5-6-10-22)26(31(36)37)16-23(21)29(27)39-18-19-11-13-24(32)25(33)15-19/h2-4,7-8,11-15,22,26,28H,5-6,9-10,16-18H2,1H3,(H,36,37)/t26-,28?/m1/s1. The molecule has 0 saturated heterocycles. The molecule has 1 aliphatic heterocycles. The Balaban J connectivity index is 1.45. The van der Waals surface area contributed by atoms with Crippen molar-refractivity contribution in [3.8, 4) is 11.5 Å². The Morgan fingerprint density at radius 2 is 1.85 bits per heavy atom. The van der Waals surface area contributed by atoms with Gasteiger partial charge in [-0.3, -0.25) is 4.79 Å². The zero-order valence-corrected chi connectivity index (χ0v) is 22.9. The molecule has 1 amide bonds. The molecule has 1 fully saturated rings. The van der Waals surface area contributed by atoms with Crippen LogP contribution in [-0.4, -0.2) is 41.1 Å². The molecule has 3 aromatic rings. The van der Waals surface area contributed by atoms with Crippen LogP contribution >= 0.6 is 11.6 Å². The summed E-state index contributed by atoms with van der Waals surface area (Å²) in [5.41, 5.74) is 2.64. The number of amides is 1. The van der Waals surface area contributed by atoms with Crippen LogP contribution in [0.15, 0.2) is 60.7 Å². The quantitative estimate of drug-likeness (QED) is 0.336. The van der Waals surface area contributed by atoms with Gasteiger partial charge in [0.25, 0.3) is 5.91 Å². The molecule has 5 rings (SSSR count). The Bertz CT molecular complexity index is 1380. The van der Waals surface area contributed by atoms with Crippen LogP contribution in [0.1, 0.15) is 54.0 Å². The van der Waals surface area contributed by atoms with Crippen molar-refractivity contribution in [2.24, 2.45) is 0 Å². The summed E-state index contributed by atoms with van der Waals surface area (Å²) in [6, 6.07) is 16.0. The Hall–Kier alpha value is -3.62. The number of nitrogens with zero attached hydrogens (tertiary/aromatic N) is 1. The smallest absolute Gasteiger partial charge is 0.326 e. The fourth-order valence-electron chi connectivity index (χ4n) is 5.45. The van der Waals surface area contributed by atoms with E-state index in [0.29, 0.717) is 28.2 Å². The molecule has 2 atom stereocenters. The number of carbonyl (C=O) groups is 2. The first-order valence-corrected chi connectivity index (χ1v) is 13.7. The molecule has 3 aromatic carbocycles. The average Bonchev–Trinajstić information content (AvgIpc) is 3.49. The summed E-state index contributed by atoms with van der Waals surface area (Å²) in [5, 5.41) is 10.3. The van der Waals surface area contributed by atoms with Crippen LogP contribution in [0.5, 0.6) is 11.5 Å². The lowest BCUT2D eigenvalue weighted by molar-refractivity contribution is -0.160. The third kappa shape index (κ3) is 5.93. The van der Waals surface area contributed by atoms with Gasteiger partial charge in [-0.15, -0.1) is 0 Å². The van der Waals surface area contributed by atoms with Gasteiger partial charge in [0.15, 0.2) is 17.6 Å². The van der Waals surface area contributed by atoms with E-state index in [4.69, 9.17) is 25.8 Å². The van der Waals surface area contributed by atoms with E-state index >= 15 is 0 Å². The molecule has 0 bridgehead atoms. The molecule has 1 N–H and O–H groups in total. The lowest BCUT2D eigenvalue weighted by Gasteiger charge is -2.37. The van der Waals surface area contributed by atoms with E-state index in [2.05, 4.69) is 0 Å².